The van der Waals surface area contributed by atoms with Crippen LogP contribution in [-0.2, 0) is 25.9 Å². The van der Waals surface area contributed by atoms with Crippen LogP contribution in [0.5, 0.6) is 0 Å². The Labute approximate surface area is 161 Å². The van der Waals surface area contributed by atoms with Crippen LogP contribution in [0.4, 0.5) is 13.2 Å². The minimum atomic E-state index is -4.55. The predicted octanol–water partition coefficient (Wildman–Crippen LogP) is 1.54. The van der Waals surface area contributed by atoms with Gasteiger partial charge in [0.15, 0.2) is 0 Å². The molecule has 0 aromatic heterocycles. The van der Waals surface area contributed by atoms with Gasteiger partial charge in [-0.2, -0.15) is 30.6 Å². The maximum absolute atomic E-state index is 13.1. The Kier molecular flexibility index (Phi) is 6.28. The van der Waals surface area contributed by atoms with Gasteiger partial charge in [-0.1, -0.05) is 12.1 Å². The SMILES string of the molecule is O=C1CCCN1CC(NS(=O)(=O)N1CCOCC1)c1cccc(C(F)(F)F)c1. The van der Waals surface area contributed by atoms with Crippen LogP contribution >= 0.6 is 0 Å². The van der Waals surface area contributed by atoms with Gasteiger partial charge in [-0.15, -0.1) is 0 Å². The number of hydrogen-bond acceptors (Lipinski definition) is 4. The third-order valence-electron chi connectivity index (χ3n) is 4.79. The van der Waals surface area contributed by atoms with E-state index in [9.17, 15) is 26.4 Å². The van der Waals surface area contributed by atoms with Gasteiger partial charge in [0.25, 0.3) is 10.2 Å². The third-order valence-corrected chi connectivity index (χ3v) is 6.42. The molecule has 28 heavy (non-hydrogen) atoms. The van der Waals surface area contributed by atoms with Crippen molar-refractivity contribution in [3.8, 4) is 0 Å². The molecule has 1 N–H and O–H groups in total. The Hall–Kier alpha value is -1.69. The number of carbonyl (C=O) groups is 1. The van der Waals surface area contributed by atoms with Crippen LogP contribution in [-0.4, -0.2) is 62.9 Å². The average molecular weight is 421 g/mol. The molecule has 0 bridgehead atoms. The lowest BCUT2D eigenvalue weighted by atomic mass is 10.0. The smallest absolute Gasteiger partial charge is 0.379 e. The Morgan fingerprint density at radius 1 is 1.18 bits per heavy atom. The Balaban J connectivity index is 1.87. The number of ether oxygens (including phenoxy) is 1. The van der Waals surface area contributed by atoms with E-state index in [1.54, 1.807) is 0 Å². The lowest BCUT2D eigenvalue weighted by Gasteiger charge is -2.30. The van der Waals surface area contributed by atoms with Gasteiger partial charge in [-0.05, 0) is 24.1 Å². The van der Waals surface area contributed by atoms with Gasteiger partial charge < -0.3 is 9.64 Å². The summed E-state index contributed by atoms with van der Waals surface area (Å²) >= 11 is 0. The minimum absolute atomic E-state index is 0.0241. The van der Waals surface area contributed by atoms with Gasteiger partial charge in [-0.25, -0.2) is 0 Å². The Bertz CT molecular complexity index is 810. The number of likely N-dealkylation sites (tertiary alicyclic amines) is 1. The average Bonchev–Trinajstić information content (AvgIpc) is 3.06. The van der Waals surface area contributed by atoms with Gasteiger partial charge in [0, 0.05) is 32.6 Å². The lowest BCUT2D eigenvalue weighted by Crippen LogP contribution is -2.49. The van der Waals surface area contributed by atoms with E-state index in [0.29, 0.717) is 19.4 Å². The molecule has 0 radical (unpaired) electrons. The van der Waals surface area contributed by atoms with E-state index in [1.165, 1.54) is 21.3 Å². The molecule has 2 heterocycles. The molecule has 2 aliphatic heterocycles. The van der Waals surface area contributed by atoms with Crippen LogP contribution in [0.15, 0.2) is 24.3 Å². The molecule has 3 rings (SSSR count). The fourth-order valence-corrected chi connectivity index (χ4v) is 4.65. The Morgan fingerprint density at radius 2 is 1.89 bits per heavy atom. The molecule has 156 valence electrons. The zero-order chi connectivity index (χ0) is 20.4. The molecule has 11 heteroatoms. The van der Waals surface area contributed by atoms with Crippen molar-refractivity contribution in [1.82, 2.24) is 13.9 Å². The third kappa shape index (κ3) is 5.02. The summed E-state index contributed by atoms with van der Waals surface area (Å²) in [5.74, 6) is -0.137. The fourth-order valence-electron chi connectivity index (χ4n) is 3.30. The summed E-state index contributed by atoms with van der Waals surface area (Å²) in [4.78, 5) is 13.5. The number of carbonyl (C=O) groups excluding carboxylic acids is 1. The maximum atomic E-state index is 13.1. The predicted molar refractivity (Wildman–Crippen MR) is 94.4 cm³/mol. The van der Waals surface area contributed by atoms with E-state index >= 15 is 0 Å². The largest absolute Gasteiger partial charge is 0.416 e. The van der Waals surface area contributed by atoms with Gasteiger partial charge >= 0.3 is 6.18 Å². The minimum Gasteiger partial charge on any atom is -0.379 e. The van der Waals surface area contributed by atoms with Crippen molar-refractivity contribution in [2.45, 2.75) is 25.1 Å². The molecule has 1 amide bonds. The molecule has 2 fully saturated rings. The van der Waals surface area contributed by atoms with Crippen LogP contribution in [0.25, 0.3) is 0 Å². The molecule has 1 unspecified atom stereocenters. The number of morpholine rings is 1. The van der Waals surface area contributed by atoms with Crippen molar-refractivity contribution >= 4 is 16.1 Å². The quantitative estimate of drug-likeness (QED) is 0.756. The van der Waals surface area contributed by atoms with Gasteiger partial charge in [0.1, 0.15) is 0 Å². The van der Waals surface area contributed by atoms with Gasteiger partial charge in [-0.3, -0.25) is 4.79 Å². The number of amides is 1. The molecular weight excluding hydrogens is 399 g/mol. The normalized spacial score (nSPS) is 20.5. The molecule has 1 atom stereocenters. The summed E-state index contributed by atoms with van der Waals surface area (Å²) < 4.78 is 73.6. The first-order chi connectivity index (χ1) is 13.2. The summed E-state index contributed by atoms with van der Waals surface area (Å²) in [6.07, 6.45) is -3.55. The first-order valence-corrected chi connectivity index (χ1v) is 10.4. The topological polar surface area (TPSA) is 79.0 Å². The van der Waals surface area contributed by atoms with Crippen LogP contribution < -0.4 is 4.72 Å². The van der Waals surface area contributed by atoms with Crippen LogP contribution in [0.2, 0.25) is 0 Å². The van der Waals surface area contributed by atoms with Crippen LogP contribution in [0.3, 0.4) is 0 Å². The lowest BCUT2D eigenvalue weighted by molar-refractivity contribution is -0.137. The van der Waals surface area contributed by atoms with E-state index in [2.05, 4.69) is 4.72 Å². The summed E-state index contributed by atoms with van der Waals surface area (Å²) in [6.45, 7) is 1.25. The van der Waals surface area contributed by atoms with Crippen molar-refractivity contribution in [1.29, 1.82) is 0 Å². The van der Waals surface area contributed by atoms with Crippen molar-refractivity contribution < 1.29 is 31.1 Å². The number of nitrogens with zero attached hydrogens (tertiary/aromatic N) is 2. The monoisotopic (exact) mass is 421 g/mol. The van der Waals surface area contributed by atoms with Crippen molar-refractivity contribution in [2.24, 2.45) is 0 Å². The van der Waals surface area contributed by atoms with Crippen molar-refractivity contribution in [2.75, 3.05) is 39.4 Å². The standard InChI is InChI=1S/C17H22F3N3O4S/c18-17(19,20)14-4-1-3-13(11-14)15(12-22-6-2-5-16(22)24)21-28(25,26)23-7-9-27-10-8-23/h1,3-4,11,15,21H,2,5-10,12H2. The number of benzene rings is 1. The highest BCUT2D eigenvalue weighted by atomic mass is 32.2. The highest BCUT2D eigenvalue weighted by Gasteiger charge is 2.34. The molecule has 2 aliphatic rings. The number of alkyl halides is 3. The summed E-state index contributed by atoms with van der Waals surface area (Å²) in [5.41, 5.74) is -0.709. The second-order valence-electron chi connectivity index (χ2n) is 6.75. The Morgan fingerprint density at radius 3 is 2.50 bits per heavy atom. The van der Waals surface area contributed by atoms with Gasteiger partial charge in [0.2, 0.25) is 5.91 Å². The molecule has 1 aromatic rings. The first-order valence-electron chi connectivity index (χ1n) is 8.97. The number of hydrogen-bond donors (Lipinski definition) is 1. The number of nitrogens with one attached hydrogen (secondary N) is 1. The van der Waals surface area contributed by atoms with Crippen molar-refractivity contribution in [3.63, 3.8) is 0 Å². The van der Waals surface area contributed by atoms with E-state index in [1.807, 2.05) is 0 Å². The molecule has 2 saturated heterocycles. The van der Waals surface area contributed by atoms with E-state index in [4.69, 9.17) is 4.74 Å². The van der Waals surface area contributed by atoms with Crippen molar-refractivity contribution in [3.05, 3.63) is 35.4 Å². The first kappa shape index (κ1) is 21.0. The van der Waals surface area contributed by atoms with Crippen LogP contribution in [0, 0.1) is 0 Å². The zero-order valence-electron chi connectivity index (χ0n) is 15.1. The van der Waals surface area contributed by atoms with E-state index < -0.39 is 28.0 Å². The molecule has 0 spiro atoms. The summed E-state index contributed by atoms with van der Waals surface area (Å²) in [5, 5.41) is 0. The molecule has 7 nitrogen and oxygen atoms in total. The molecule has 0 saturated carbocycles. The number of rotatable bonds is 6. The second-order valence-corrected chi connectivity index (χ2v) is 8.46. The summed E-state index contributed by atoms with van der Waals surface area (Å²) in [7, 11) is -3.95. The molecule has 0 aliphatic carbocycles. The second kappa shape index (κ2) is 8.36. The molecular formula is C17H22F3N3O4S. The number of halogens is 3. The molecule has 1 aromatic carbocycles. The maximum Gasteiger partial charge on any atom is 0.416 e. The zero-order valence-corrected chi connectivity index (χ0v) is 15.9. The highest BCUT2D eigenvalue weighted by Crippen LogP contribution is 2.31. The fraction of sp³-hybridized carbons (Fsp3) is 0.588. The van der Waals surface area contributed by atoms with E-state index in [-0.39, 0.29) is 44.3 Å². The van der Waals surface area contributed by atoms with Crippen LogP contribution in [0.1, 0.15) is 30.0 Å². The summed E-state index contributed by atoms with van der Waals surface area (Å²) in [6, 6.07) is 3.53. The van der Waals surface area contributed by atoms with Gasteiger partial charge in [0.05, 0.1) is 24.8 Å². The van der Waals surface area contributed by atoms with E-state index in [0.717, 1.165) is 12.1 Å². The highest BCUT2D eigenvalue weighted by molar-refractivity contribution is 7.87.